The molecule has 0 radical (unpaired) electrons. The summed E-state index contributed by atoms with van der Waals surface area (Å²) in [5.74, 6) is 0.797. The molecule has 0 amide bonds. The number of esters is 1. The molecular weight excluding hydrogens is 252 g/mol. The van der Waals surface area contributed by atoms with Gasteiger partial charge in [0.2, 0.25) is 0 Å². The zero-order valence-electron chi connectivity index (χ0n) is 13.1. The minimum atomic E-state index is -0.348. The molecule has 1 N–H and O–H groups in total. The summed E-state index contributed by atoms with van der Waals surface area (Å²) < 4.78 is 5.20. The molecule has 2 aliphatic rings. The highest BCUT2D eigenvalue weighted by Gasteiger charge is 2.46. The van der Waals surface area contributed by atoms with E-state index in [1.54, 1.807) is 7.11 Å². The SMILES string of the molecule is CCCC1CCCC(C(=O)OC)(N2CCNCC2)CC1. The van der Waals surface area contributed by atoms with E-state index in [0.717, 1.165) is 51.4 Å². The first-order chi connectivity index (χ1) is 9.73. The number of nitrogens with zero attached hydrogens (tertiary/aromatic N) is 1. The largest absolute Gasteiger partial charge is 0.468 e. The molecule has 4 heteroatoms. The van der Waals surface area contributed by atoms with E-state index >= 15 is 0 Å². The Hall–Kier alpha value is -0.610. The lowest BCUT2D eigenvalue weighted by Gasteiger charge is -2.43. The van der Waals surface area contributed by atoms with Crippen LogP contribution in [0.5, 0.6) is 0 Å². The van der Waals surface area contributed by atoms with Crippen LogP contribution >= 0.6 is 0 Å². The summed E-state index contributed by atoms with van der Waals surface area (Å²) in [6.45, 7) is 6.16. The van der Waals surface area contributed by atoms with Gasteiger partial charge in [-0.25, -0.2) is 0 Å². The normalized spacial score (nSPS) is 32.6. The summed E-state index contributed by atoms with van der Waals surface area (Å²) in [4.78, 5) is 14.9. The van der Waals surface area contributed by atoms with Gasteiger partial charge in [0.15, 0.2) is 0 Å². The number of carbonyl (C=O) groups excluding carboxylic acids is 1. The van der Waals surface area contributed by atoms with Crippen molar-refractivity contribution in [3.05, 3.63) is 0 Å². The minimum absolute atomic E-state index is 0.00320. The van der Waals surface area contributed by atoms with Gasteiger partial charge in [0.05, 0.1) is 7.11 Å². The highest BCUT2D eigenvalue weighted by Crippen LogP contribution is 2.37. The number of methoxy groups -OCH3 is 1. The number of carbonyl (C=O) groups is 1. The molecule has 1 aliphatic carbocycles. The lowest BCUT2D eigenvalue weighted by atomic mass is 9.86. The van der Waals surface area contributed by atoms with Crippen molar-refractivity contribution in [2.45, 2.75) is 57.4 Å². The molecule has 0 aromatic heterocycles. The summed E-state index contributed by atoms with van der Waals surface area (Å²) in [5, 5.41) is 3.38. The van der Waals surface area contributed by atoms with E-state index in [-0.39, 0.29) is 11.5 Å². The van der Waals surface area contributed by atoms with Crippen LogP contribution in [-0.2, 0) is 9.53 Å². The van der Waals surface area contributed by atoms with Gasteiger partial charge < -0.3 is 10.1 Å². The van der Waals surface area contributed by atoms with E-state index in [9.17, 15) is 4.79 Å². The predicted octanol–water partition coefficient (Wildman–Crippen LogP) is 2.18. The number of ether oxygens (including phenoxy) is 1. The Kier molecular flexibility index (Phi) is 5.85. The fraction of sp³-hybridized carbons (Fsp3) is 0.938. The molecule has 2 atom stereocenters. The standard InChI is InChI=1S/C16H30N2O2/c1-3-5-14-6-4-8-16(9-7-14,15(19)20-2)18-12-10-17-11-13-18/h14,17H,3-13H2,1-2H3. The molecule has 0 spiro atoms. The van der Waals surface area contributed by atoms with Gasteiger partial charge in [-0.1, -0.05) is 32.6 Å². The first-order valence-electron chi connectivity index (χ1n) is 8.27. The van der Waals surface area contributed by atoms with Gasteiger partial charge in [0, 0.05) is 26.2 Å². The van der Waals surface area contributed by atoms with Gasteiger partial charge in [-0.2, -0.15) is 0 Å². The Morgan fingerprint density at radius 1 is 1.30 bits per heavy atom. The van der Waals surface area contributed by atoms with E-state index in [0.29, 0.717) is 0 Å². The van der Waals surface area contributed by atoms with Crippen molar-refractivity contribution in [1.82, 2.24) is 10.2 Å². The van der Waals surface area contributed by atoms with E-state index in [1.165, 1.54) is 25.7 Å². The molecule has 0 bridgehead atoms. The van der Waals surface area contributed by atoms with E-state index < -0.39 is 0 Å². The molecular formula is C16H30N2O2. The Labute approximate surface area is 123 Å². The van der Waals surface area contributed by atoms with Crippen molar-refractivity contribution in [2.75, 3.05) is 33.3 Å². The third kappa shape index (κ3) is 3.34. The van der Waals surface area contributed by atoms with Crippen LogP contribution in [0.1, 0.15) is 51.9 Å². The van der Waals surface area contributed by atoms with Crippen LogP contribution in [0.3, 0.4) is 0 Å². The monoisotopic (exact) mass is 282 g/mol. The lowest BCUT2D eigenvalue weighted by molar-refractivity contribution is -0.157. The molecule has 2 fully saturated rings. The van der Waals surface area contributed by atoms with Gasteiger partial charge in [-0.15, -0.1) is 0 Å². The molecule has 1 saturated carbocycles. The van der Waals surface area contributed by atoms with Crippen LogP contribution < -0.4 is 5.32 Å². The van der Waals surface area contributed by atoms with Gasteiger partial charge >= 0.3 is 5.97 Å². The van der Waals surface area contributed by atoms with E-state index in [2.05, 4.69) is 17.1 Å². The predicted molar refractivity (Wildman–Crippen MR) is 80.7 cm³/mol. The molecule has 20 heavy (non-hydrogen) atoms. The van der Waals surface area contributed by atoms with Crippen molar-refractivity contribution in [1.29, 1.82) is 0 Å². The van der Waals surface area contributed by atoms with Crippen LogP contribution in [0.25, 0.3) is 0 Å². The molecule has 1 heterocycles. The van der Waals surface area contributed by atoms with Crippen LogP contribution in [-0.4, -0.2) is 49.7 Å². The summed E-state index contributed by atoms with van der Waals surface area (Å²) in [6.07, 6.45) is 8.11. The molecule has 2 rings (SSSR count). The van der Waals surface area contributed by atoms with Gasteiger partial charge in [0.25, 0.3) is 0 Å². The second kappa shape index (κ2) is 7.41. The first kappa shape index (κ1) is 15.8. The highest BCUT2D eigenvalue weighted by atomic mass is 16.5. The summed E-state index contributed by atoms with van der Waals surface area (Å²) in [6, 6.07) is 0. The molecule has 1 aliphatic heterocycles. The number of rotatable bonds is 4. The summed E-state index contributed by atoms with van der Waals surface area (Å²) in [7, 11) is 1.54. The maximum absolute atomic E-state index is 12.5. The summed E-state index contributed by atoms with van der Waals surface area (Å²) in [5.41, 5.74) is -0.348. The van der Waals surface area contributed by atoms with Crippen LogP contribution in [0.4, 0.5) is 0 Å². The third-order valence-corrected chi connectivity index (χ3v) is 5.15. The van der Waals surface area contributed by atoms with Crippen molar-refractivity contribution in [2.24, 2.45) is 5.92 Å². The van der Waals surface area contributed by atoms with Gasteiger partial charge in [-0.05, 0) is 25.2 Å². The average Bonchev–Trinajstić information content (AvgIpc) is 2.71. The summed E-state index contributed by atoms with van der Waals surface area (Å²) >= 11 is 0. The van der Waals surface area contributed by atoms with Gasteiger partial charge in [-0.3, -0.25) is 9.69 Å². The average molecular weight is 282 g/mol. The minimum Gasteiger partial charge on any atom is -0.468 e. The molecule has 1 saturated heterocycles. The molecule has 0 aromatic carbocycles. The number of hydrogen-bond acceptors (Lipinski definition) is 4. The van der Waals surface area contributed by atoms with Gasteiger partial charge in [0.1, 0.15) is 5.54 Å². The second-order valence-electron chi connectivity index (χ2n) is 6.35. The number of hydrogen-bond donors (Lipinski definition) is 1. The van der Waals surface area contributed by atoms with Crippen molar-refractivity contribution in [3.63, 3.8) is 0 Å². The lowest BCUT2D eigenvalue weighted by Crippen LogP contribution is -2.60. The Balaban J connectivity index is 2.12. The number of nitrogens with one attached hydrogen (secondary N) is 1. The Morgan fingerprint density at radius 3 is 2.70 bits per heavy atom. The van der Waals surface area contributed by atoms with Crippen LogP contribution in [0, 0.1) is 5.92 Å². The van der Waals surface area contributed by atoms with E-state index in [1.807, 2.05) is 0 Å². The Morgan fingerprint density at radius 2 is 2.05 bits per heavy atom. The second-order valence-corrected chi connectivity index (χ2v) is 6.35. The molecule has 4 nitrogen and oxygen atoms in total. The molecule has 0 aromatic rings. The van der Waals surface area contributed by atoms with Crippen LogP contribution in [0.15, 0.2) is 0 Å². The first-order valence-corrected chi connectivity index (χ1v) is 8.27. The van der Waals surface area contributed by atoms with Crippen molar-refractivity contribution < 1.29 is 9.53 Å². The quantitative estimate of drug-likeness (QED) is 0.634. The maximum atomic E-state index is 12.5. The van der Waals surface area contributed by atoms with E-state index in [4.69, 9.17) is 4.74 Å². The third-order valence-electron chi connectivity index (χ3n) is 5.15. The zero-order chi connectivity index (χ0) is 14.4. The highest BCUT2D eigenvalue weighted by molar-refractivity contribution is 5.80. The fourth-order valence-corrected chi connectivity index (χ4v) is 4.02. The van der Waals surface area contributed by atoms with Crippen molar-refractivity contribution >= 4 is 5.97 Å². The molecule has 116 valence electrons. The fourth-order valence-electron chi connectivity index (χ4n) is 4.02. The van der Waals surface area contributed by atoms with Crippen LogP contribution in [0.2, 0.25) is 0 Å². The smallest absolute Gasteiger partial charge is 0.326 e. The van der Waals surface area contributed by atoms with Crippen molar-refractivity contribution in [3.8, 4) is 0 Å². The number of piperazine rings is 1. The Bertz CT molecular complexity index is 316. The topological polar surface area (TPSA) is 41.6 Å². The maximum Gasteiger partial charge on any atom is 0.326 e. The zero-order valence-corrected chi connectivity index (χ0v) is 13.1. The molecule has 2 unspecified atom stereocenters.